The second kappa shape index (κ2) is 3.05. The molecule has 0 atom stereocenters. The van der Waals surface area contributed by atoms with Gasteiger partial charge in [0.2, 0.25) is 4.60 Å². The van der Waals surface area contributed by atoms with Gasteiger partial charge < -0.3 is 0 Å². The summed E-state index contributed by atoms with van der Waals surface area (Å²) < 4.78 is 38.2. The van der Waals surface area contributed by atoms with Crippen LogP contribution in [-0.4, -0.2) is 0 Å². The van der Waals surface area contributed by atoms with Crippen LogP contribution in [0.25, 0.3) is 0 Å². The number of rotatable bonds is 0. The molecule has 0 saturated heterocycles. The van der Waals surface area contributed by atoms with Crippen LogP contribution in [0.5, 0.6) is 0 Å². The number of hydrogen-bond acceptors (Lipinski definition) is 0. The zero-order chi connectivity index (χ0) is 9.35. The van der Waals surface area contributed by atoms with Gasteiger partial charge in [-0.15, -0.1) is 0 Å². The Hall–Kier alpha value is -0.580. The van der Waals surface area contributed by atoms with Crippen LogP contribution >= 0.6 is 15.9 Å². The molecule has 1 aromatic heterocycles. The molecule has 0 bridgehead atoms. The summed E-state index contributed by atoms with van der Waals surface area (Å²) in [6.45, 7) is 0. The van der Waals surface area contributed by atoms with Crippen molar-refractivity contribution in [2.24, 2.45) is 7.05 Å². The molecule has 0 fully saturated rings. The van der Waals surface area contributed by atoms with E-state index in [0.717, 1.165) is 12.3 Å². The molecule has 0 N–H and O–H groups in total. The molecule has 1 rings (SSSR count). The topological polar surface area (TPSA) is 3.88 Å². The summed E-state index contributed by atoms with van der Waals surface area (Å²) in [6, 6.07) is 2.40. The van der Waals surface area contributed by atoms with Crippen LogP contribution in [0.2, 0.25) is 0 Å². The van der Waals surface area contributed by atoms with E-state index in [1.54, 1.807) is 7.05 Å². The first-order valence-corrected chi connectivity index (χ1v) is 3.93. The van der Waals surface area contributed by atoms with Crippen LogP contribution < -0.4 is 4.57 Å². The average Bonchev–Trinajstić information content (AvgIpc) is 1.92. The van der Waals surface area contributed by atoms with Crippen molar-refractivity contribution in [2.75, 3.05) is 0 Å². The number of aryl methyl sites for hydroxylation is 1. The fraction of sp³-hybridized carbons (Fsp3) is 0.286. The minimum atomic E-state index is -4.27. The summed E-state index contributed by atoms with van der Waals surface area (Å²) in [7, 11) is 1.54. The molecule has 0 saturated carbocycles. The molecular formula is C7H6BrF3N+. The molecule has 0 aliphatic rings. The average molecular weight is 241 g/mol. The number of hydrogen-bond donors (Lipinski definition) is 0. The molecule has 0 spiro atoms. The molecule has 12 heavy (non-hydrogen) atoms. The van der Waals surface area contributed by atoms with Crippen molar-refractivity contribution < 1.29 is 17.7 Å². The molecule has 0 aliphatic carbocycles. The van der Waals surface area contributed by atoms with E-state index in [0.29, 0.717) is 4.60 Å². The highest BCUT2D eigenvalue weighted by Crippen LogP contribution is 2.28. The van der Waals surface area contributed by atoms with E-state index in [9.17, 15) is 13.2 Å². The van der Waals surface area contributed by atoms with Gasteiger partial charge in [-0.25, -0.2) is 0 Å². The van der Waals surface area contributed by atoms with Crippen LogP contribution in [-0.2, 0) is 13.2 Å². The van der Waals surface area contributed by atoms with Crippen molar-refractivity contribution in [1.29, 1.82) is 0 Å². The Morgan fingerprint density at radius 1 is 1.33 bits per heavy atom. The lowest BCUT2D eigenvalue weighted by Gasteiger charge is -2.03. The van der Waals surface area contributed by atoms with Crippen LogP contribution in [0, 0.1) is 0 Å². The molecule has 0 amide bonds. The molecule has 0 aromatic carbocycles. The highest BCUT2D eigenvalue weighted by molar-refractivity contribution is 9.10. The van der Waals surface area contributed by atoms with Crippen molar-refractivity contribution in [3.8, 4) is 0 Å². The third kappa shape index (κ3) is 1.97. The van der Waals surface area contributed by atoms with Gasteiger partial charge in [-0.3, -0.25) is 0 Å². The Balaban J connectivity index is 3.14. The first-order chi connectivity index (χ1) is 5.41. The summed E-state index contributed by atoms with van der Waals surface area (Å²) in [4.78, 5) is 0. The van der Waals surface area contributed by atoms with E-state index in [-0.39, 0.29) is 0 Å². The predicted molar refractivity (Wildman–Crippen MR) is 40.3 cm³/mol. The number of aromatic nitrogens is 1. The number of pyridine rings is 1. The Morgan fingerprint density at radius 3 is 2.33 bits per heavy atom. The lowest BCUT2D eigenvalue weighted by atomic mass is 10.3. The fourth-order valence-corrected chi connectivity index (χ4v) is 0.992. The first kappa shape index (κ1) is 9.51. The molecule has 5 heteroatoms. The van der Waals surface area contributed by atoms with Crippen molar-refractivity contribution in [3.63, 3.8) is 0 Å². The van der Waals surface area contributed by atoms with Crippen LogP contribution in [0.15, 0.2) is 22.9 Å². The van der Waals surface area contributed by atoms with E-state index >= 15 is 0 Å². The molecule has 0 aliphatic heterocycles. The maximum atomic E-state index is 12.1. The second-order valence-electron chi connectivity index (χ2n) is 2.35. The van der Waals surface area contributed by atoms with Gasteiger partial charge in [0.1, 0.15) is 12.6 Å². The van der Waals surface area contributed by atoms with Crippen LogP contribution in [0.4, 0.5) is 13.2 Å². The molecule has 66 valence electrons. The second-order valence-corrected chi connectivity index (χ2v) is 3.16. The van der Waals surface area contributed by atoms with Gasteiger partial charge in [-0.1, -0.05) is 0 Å². The van der Waals surface area contributed by atoms with Gasteiger partial charge in [-0.05, 0) is 6.07 Å². The standard InChI is InChI=1S/C7H6BrF3N/c1-12-4-5(7(9,10)11)2-3-6(12)8/h2-4H,1H3/q+1. The van der Waals surface area contributed by atoms with Gasteiger partial charge in [0, 0.05) is 22.0 Å². The van der Waals surface area contributed by atoms with E-state index in [1.165, 1.54) is 10.6 Å². The van der Waals surface area contributed by atoms with Crippen LogP contribution in [0.1, 0.15) is 5.56 Å². The SMILES string of the molecule is C[n+]1cc(C(F)(F)F)ccc1Br. The lowest BCUT2D eigenvalue weighted by Crippen LogP contribution is -2.31. The van der Waals surface area contributed by atoms with E-state index in [4.69, 9.17) is 0 Å². The van der Waals surface area contributed by atoms with Crippen molar-refractivity contribution >= 4 is 15.9 Å². The summed E-state index contributed by atoms with van der Waals surface area (Å²) in [5.41, 5.74) is -0.645. The fourth-order valence-electron chi connectivity index (χ4n) is 0.757. The van der Waals surface area contributed by atoms with Crippen molar-refractivity contribution in [2.45, 2.75) is 6.18 Å². The summed E-state index contributed by atoms with van der Waals surface area (Å²) >= 11 is 3.09. The Kier molecular flexibility index (Phi) is 2.41. The third-order valence-electron chi connectivity index (χ3n) is 1.40. The zero-order valence-electron chi connectivity index (χ0n) is 6.19. The number of alkyl halides is 3. The highest BCUT2D eigenvalue weighted by Gasteiger charge is 2.33. The van der Waals surface area contributed by atoms with E-state index in [2.05, 4.69) is 15.9 Å². The normalized spacial score (nSPS) is 11.8. The quantitative estimate of drug-likeness (QED) is 0.484. The highest BCUT2D eigenvalue weighted by atomic mass is 79.9. The van der Waals surface area contributed by atoms with Gasteiger partial charge in [0.25, 0.3) is 0 Å². The smallest absolute Gasteiger partial charge is 0.195 e. The summed E-state index contributed by atoms with van der Waals surface area (Å²) in [5, 5.41) is 0. The first-order valence-electron chi connectivity index (χ1n) is 3.13. The van der Waals surface area contributed by atoms with Gasteiger partial charge in [0.15, 0.2) is 6.20 Å². The molecular weight excluding hydrogens is 235 g/mol. The number of nitrogens with zero attached hydrogens (tertiary/aromatic N) is 1. The maximum Gasteiger partial charge on any atom is 0.422 e. The van der Waals surface area contributed by atoms with Crippen molar-refractivity contribution in [3.05, 3.63) is 28.5 Å². The summed E-state index contributed by atoms with van der Waals surface area (Å²) in [6.07, 6.45) is -3.23. The molecule has 0 radical (unpaired) electrons. The third-order valence-corrected chi connectivity index (χ3v) is 2.22. The zero-order valence-corrected chi connectivity index (χ0v) is 7.78. The monoisotopic (exact) mass is 240 g/mol. The largest absolute Gasteiger partial charge is 0.422 e. The molecule has 1 heterocycles. The van der Waals surface area contributed by atoms with E-state index in [1.807, 2.05) is 0 Å². The molecule has 1 aromatic rings. The van der Waals surface area contributed by atoms with Gasteiger partial charge >= 0.3 is 6.18 Å². The van der Waals surface area contributed by atoms with Gasteiger partial charge in [0.05, 0.1) is 0 Å². The van der Waals surface area contributed by atoms with E-state index < -0.39 is 11.7 Å². The minimum absolute atomic E-state index is 0.607. The lowest BCUT2D eigenvalue weighted by molar-refractivity contribution is -0.683. The minimum Gasteiger partial charge on any atom is -0.195 e. The summed E-state index contributed by atoms with van der Waals surface area (Å²) in [5.74, 6) is 0. The Labute approximate surface area is 76.0 Å². The Morgan fingerprint density at radius 2 is 1.92 bits per heavy atom. The molecule has 0 unspecified atom stereocenters. The maximum absolute atomic E-state index is 12.1. The Bertz CT molecular complexity index is 295. The number of halogens is 4. The molecule has 1 nitrogen and oxygen atoms in total. The van der Waals surface area contributed by atoms with Crippen molar-refractivity contribution in [1.82, 2.24) is 0 Å². The van der Waals surface area contributed by atoms with Gasteiger partial charge in [-0.2, -0.15) is 17.7 Å². The van der Waals surface area contributed by atoms with Crippen LogP contribution in [0.3, 0.4) is 0 Å². The predicted octanol–water partition coefficient (Wildman–Crippen LogP) is 2.29.